The van der Waals surface area contributed by atoms with Crippen molar-refractivity contribution in [1.29, 1.82) is 0 Å². The summed E-state index contributed by atoms with van der Waals surface area (Å²) in [5, 5.41) is 8.20. The van der Waals surface area contributed by atoms with Crippen molar-refractivity contribution in [3.05, 3.63) is 215 Å². The van der Waals surface area contributed by atoms with Gasteiger partial charge in [0.05, 0.1) is 11.6 Å². The second kappa shape index (κ2) is 18.8. The van der Waals surface area contributed by atoms with E-state index in [0.29, 0.717) is 17.8 Å². The van der Waals surface area contributed by atoms with Gasteiger partial charge in [0.1, 0.15) is 12.0 Å². The highest BCUT2D eigenvalue weighted by Gasteiger charge is 2.48. The maximum Gasteiger partial charge on any atom is 0.131 e. The minimum Gasteiger partial charge on any atom is -0.354 e. The molecule has 1 heterocycles. The topological polar surface area (TPSA) is 36.4 Å². The Labute approximate surface area is 378 Å². The fourth-order valence-corrected chi connectivity index (χ4v) is 12.8. The standard InChI is InChI=1S/C60H67N3/c1-44-24-20-21-41-55(44)58-62-56(45-25-22-39-53(42-45)59(47-27-8-2-9-28-47,48-29-10-3-11-30-48)49-31-12-4-13-32-49)61-57(63-58)46-26-23-40-54(43-46)60(50-33-14-5-15-34-50,51-35-16-6-17-36-51)52-37-18-7-19-38-52/h2-3,5,8-12,14,16,20-25,27-31,33,35-36,39-44,46,49,52,55,57-58,63H,4,6-7,13,15,17-19,26,32,34,37-38H2,1H3,(H,61,62). The second-order valence-electron chi connectivity index (χ2n) is 19.4. The minimum atomic E-state index is -0.355. The van der Waals surface area contributed by atoms with Crippen molar-refractivity contribution in [3.8, 4) is 0 Å². The van der Waals surface area contributed by atoms with E-state index in [0.717, 1.165) is 56.3 Å². The average Bonchev–Trinajstić information content (AvgIpc) is 3.37. The van der Waals surface area contributed by atoms with E-state index in [4.69, 9.17) is 4.99 Å². The normalized spacial score (nSPS) is 28.3. The quantitative estimate of drug-likeness (QED) is 0.149. The van der Waals surface area contributed by atoms with Crippen LogP contribution in [0.2, 0.25) is 0 Å². The number of amidine groups is 1. The number of hydrogen-bond donors (Lipinski definition) is 2. The number of nitrogens with zero attached hydrogens (tertiary/aromatic N) is 1. The first-order chi connectivity index (χ1) is 31.2. The van der Waals surface area contributed by atoms with Crippen LogP contribution in [0, 0.1) is 35.0 Å². The first-order valence-corrected chi connectivity index (χ1v) is 24.6. The third-order valence-electron chi connectivity index (χ3n) is 15.8. The summed E-state index contributed by atoms with van der Waals surface area (Å²) >= 11 is 0. The molecule has 3 aromatic rings. The van der Waals surface area contributed by atoms with Crippen LogP contribution in [-0.2, 0) is 5.41 Å². The van der Waals surface area contributed by atoms with Crippen molar-refractivity contribution in [2.75, 3.05) is 0 Å². The number of nitrogens with one attached hydrogen (secondary N) is 2. The highest BCUT2D eigenvalue weighted by Crippen LogP contribution is 2.58. The Kier molecular flexibility index (Phi) is 12.5. The number of aliphatic imine (C=N–C) groups is 1. The summed E-state index contributed by atoms with van der Waals surface area (Å²) in [6, 6.07) is 32.0. The molecule has 3 heteroatoms. The molecule has 3 aromatic carbocycles. The van der Waals surface area contributed by atoms with Gasteiger partial charge in [-0.3, -0.25) is 5.32 Å². The molecule has 0 spiro atoms. The van der Waals surface area contributed by atoms with E-state index in [1.54, 1.807) is 5.57 Å². The van der Waals surface area contributed by atoms with Crippen molar-refractivity contribution in [1.82, 2.24) is 10.6 Å². The van der Waals surface area contributed by atoms with Gasteiger partial charge in [-0.25, -0.2) is 4.99 Å². The van der Waals surface area contributed by atoms with E-state index in [1.807, 2.05) is 0 Å². The van der Waals surface area contributed by atoms with E-state index in [1.165, 1.54) is 66.4 Å². The molecule has 0 saturated heterocycles. The van der Waals surface area contributed by atoms with Gasteiger partial charge in [-0.2, -0.15) is 0 Å². The molecule has 3 nitrogen and oxygen atoms in total. The third-order valence-corrected chi connectivity index (χ3v) is 15.8. The van der Waals surface area contributed by atoms with Crippen LogP contribution in [0.3, 0.4) is 0 Å². The Morgan fingerprint density at radius 1 is 0.635 bits per heavy atom. The molecule has 2 N–H and O–H groups in total. The largest absolute Gasteiger partial charge is 0.354 e. The number of allylic oxidation sites excluding steroid dienone is 16. The Hall–Kier alpha value is -5.25. The summed E-state index contributed by atoms with van der Waals surface area (Å²) < 4.78 is 0. The molecule has 1 saturated carbocycles. The number of rotatable bonds is 11. The van der Waals surface area contributed by atoms with Crippen molar-refractivity contribution < 1.29 is 0 Å². The van der Waals surface area contributed by atoms with Gasteiger partial charge in [-0.15, -0.1) is 0 Å². The van der Waals surface area contributed by atoms with E-state index in [-0.39, 0.29) is 35.0 Å². The van der Waals surface area contributed by atoms with Crippen molar-refractivity contribution in [2.24, 2.45) is 40.0 Å². The summed E-state index contributed by atoms with van der Waals surface area (Å²) in [6.45, 7) is 2.36. The molecule has 0 radical (unpaired) electrons. The van der Waals surface area contributed by atoms with Gasteiger partial charge in [-0.05, 0) is 116 Å². The Balaban J connectivity index is 1.10. The van der Waals surface area contributed by atoms with Gasteiger partial charge in [0, 0.05) is 22.8 Å². The van der Waals surface area contributed by atoms with Crippen LogP contribution < -0.4 is 10.6 Å². The van der Waals surface area contributed by atoms with Crippen molar-refractivity contribution >= 4 is 5.84 Å². The fraction of sp³-hybridized carbons (Fsp3) is 0.383. The molecule has 63 heavy (non-hydrogen) atoms. The SMILES string of the molecule is CC1C=CC=CC1C1NC(c2cccc(C(c3ccccc3)(c3ccccc3)C3C=CCCC3)c2)=NC(C2C=C(C(C3=CCCC=C3)(C3=CC=CCC3)C3CCCCC3)C=CC2)N1. The molecule has 10 rings (SSSR count). The van der Waals surface area contributed by atoms with Crippen LogP contribution in [0.5, 0.6) is 0 Å². The highest BCUT2D eigenvalue weighted by atomic mass is 15.3. The summed E-state index contributed by atoms with van der Waals surface area (Å²) in [7, 11) is 0. The van der Waals surface area contributed by atoms with E-state index >= 15 is 0 Å². The zero-order chi connectivity index (χ0) is 42.5. The fourth-order valence-electron chi connectivity index (χ4n) is 12.8. The van der Waals surface area contributed by atoms with E-state index in [2.05, 4.69) is 194 Å². The van der Waals surface area contributed by atoms with Gasteiger partial charge < -0.3 is 5.32 Å². The van der Waals surface area contributed by atoms with Gasteiger partial charge in [0.15, 0.2) is 0 Å². The first-order valence-electron chi connectivity index (χ1n) is 24.6. The van der Waals surface area contributed by atoms with Gasteiger partial charge >= 0.3 is 0 Å². The monoisotopic (exact) mass is 830 g/mol. The van der Waals surface area contributed by atoms with Crippen LogP contribution in [0.15, 0.2) is 198 Å². The van der Waals surface area contributed by atoms with E-state index < -0.39 is 0 Å². The predicted octanol–water partition coefficient (Wildman–Crippen LogP) is 14.0. The van der Waals surface area contributed by atoms with Crippen LogP contribution in [0.1, 0.15) is 113 Å². The second-order valence-corrected chi connectivity index (χ2v) is 19.4. The Bertz CT molecular complexity index is 2350. The maximum absolute atomic E-state index is 5.79. The molecular formula is C60H67N3. The smallest absolute Gasteiger partial charge is 0.131 e. The summed E-state index contributed by atoms with van der Waals surface area (Å²) in [5.74, 6) is 2.79. The Morgan fingerprint density at radius 2 is 1.41 bits per heavy atom. The average molecular weight is 830 g/mol. The van der Waals surface area contributed by atoms with Crippen molar-refractivity contribution in [3.63, 3.8) is 0 Å². The molecule has 322 valence electrons. The lowest BCUT2D eigenvalue weighted by Gasteiger charge is -2.49. The van der Waals surface area contributed by atoms with Gasteiger partial charge in [0.2, 0.25) is 0 Å². The summed E-state index contributed by atoms with van der Waals surface area (Å²) in [6.07, 6.45) is 52.1. The van der Waals surface area contributed by atoms with Crippen LogP contribution in [0.25, 0.3) is 0 Å². The minimum absolute atomic E-state index is 0.0256. The molecule has 6 aliphatic carbocycles. The molecule has 0 bridgehead atoms. The predicted molar refractivity (Wildman–Crippen MR) is 264 cm³/mol. The van der Waals surface area contributed by atoms with E-state index in [9.17, 15) is 0 Å². The molecule has 1 fully saturated rings. The van der Waals surface area contributed by atoms with Crippen molar-refractivity contribution in [2.45, 2.75) is 108 Å². The van der Waals surface area contributed by atoms with Crippen LogP contribution in [0.4, 0.5) is 0 Å². The molecule has 0 aromatic heterocycles. The number of hydrogen-bond acceptors (Lipinski definition) is 3. The molecule has 0 amide bonds. The molecular weight excluding hydrogens is 763 g/mol. The Morgan fingerprint density at radius 3 is 2.13 bits per heavy atom. The lowest BCUT2D eigenvalue weighted by molar-refractivity contribution is 0.226. The maximum atomic E-state index is 5.79. The molecule has 7 aliphatic rings. The van der Waals surface area contributed by atoms with Gasteiger partial charge in [-0.1, -0.05) is 202 Å². The summed E-state index contributed by atoms with van der Waals surface area (Å²) in [4.78, 5) is 5.79. The molecule has 1 aliphatic heterocycles. The lowest BCUT2D eigenvalue weighted by Crippen LogP contribution is -2.60. The molecule has 7 unspecified atom stereocenters. The van der Waals surface area contributed by atoms with Crippen LogP contribution in [-0.4, -0.2) is 18.2 Å². The van der Waals surface area contributed by atoms with Gasteiger partial charge in [0.25, 0.3) is 0 Å². The highest BCUT2D eigenvalue weighted by molar-refractivity contribution is 5.99. The number of benzene rings is 3. The zero-order valence-corrected chi connectivity index (χ0v) is 37.4. The van der Waals surface area contributed by atoms with Crippen LogP contribution >= 0.6 is 0 Å². The third kappa shape index (κ3) is 8.01. The summed E-state index contributed by atoms with van der Waals surface area (Å²) in [5.41, 5.74) is 9.36. The molecule has 7 atom stereocenters. The first kappa shape index (κ1) is 41.7. The zero-order valence-electron chi connectivity index (χ0n) is 37.4. The lowest BCUT2D eigenvalue weighted by atomic mass is 9.54.